The molecule has 0 unspecified atom stereocenters. The first-order chi connectivity index (χ1) is 29.6. The number of anilines is 2. The van der Waals surface area contributed by atoms with Crippen molar-refractivity contribution in [3.8, 4) is 11.5 Å². The molecule has 0 N–H and O–H groups in total. The van der Waals surface area contributed by atoms with E-state index in [0.29, 0.717) is 0 Å². The van der Waals surface area contributed by atoms with Crippen molar-refractivity contribution in [3.63, 3.8) is 0 Å². The minimum Gasteiger partial charge on any atom is -0.439 e. The Balaban J connectivity index is 0.799. The zero-order valence-electron chi connectivity index (χ0n) is 36.9. The maximum absolute atomic E-state index is 6.07. The van der Waals surface area contributed by atoms with E-state index >= 15 is 0 Å². The Kier molecular flexibility index (Phi) is 12.4. The quantitative estimate of drug-likeness (QED) is 0.0721. The molecular formula is C53H62N6O2+4. The monoisotopic (exact) mass is 814 g/mol. The Labute approximate surface area is 362 Å². The molecule has 0 saturated carbocycles. The lowest BCUT2D eigenvalue weighted by Gasteiger charge is -2.33. The third-order valence-corrected chi connectivity index (χ3v) is 12.3. The highest BCUT2D eigenvalue weighted by Gasteiger charge is 2.24. The first kappa shape index (κ1) is 41.5. The van der Waals surface area contributed by atoms with Gasteiger partial charge in [-0.2, -0.15) is 9.13 Å². The van der Waals surface area contributed by atoms with Crippen molar-refractivity contribution in [2.75, 3.05) is 78.3 Å². The number of quaternary nitrogens is 2. The average Bonchev–Trinajstić information content (AvgIpc) is 3.76. The van der Waals surface area contributed by atoms with Crippen molar-refractivity contribution in [2.24, 2.45) is 0 Å². The number of allylic oxidation sites excluding steroid dienone is 4. The van der Waals surface area contributed by atoms with E-state index in [0.717, 1.165) is 82.6 Å². The van der Waals surface area contributed by atoms with E-state index in [9.17, 15) is 0 Å². The molecule has 0 radical (unpaired) electrons. The van der Waals surface area contributed by atoms with Crippen molar-refractivity contribution in [3.05, 3.63) is 169 Å². The molecule has 8 rings (SSSR count). The second kappa shape index (κ2) is 18.2. The highest BCUT2D eigenvalue weighted by molar-refractivity contribution is 5.86. The summed E-state index contributed by atoms with van der Waals surface area (Å²) in [5.74, 6) is 3.45. The predicted molar refractivity (Wildman–Crippen MR) is 251 cm³/mol. The number of benzene rings is 4. The average molecular weight is 815 g/mol. The van der Waals surface area contributed by atoms with Gasteiger partial charge in [0.2, 0.25) is 11.0 Å². The van der Waals surface area contributed by atoms with E-state index < -0.39 is 0 Å². The number of hydrogen-bond donors (Lipinski definition) is 0. The normalized spacial score (nSPS) is 15.4. The molecule has 2 aliphatic rings. The Hall–Kier alpha value is -6.22. The number of para-hydroxylation sites is 6. The molecule has 0 bridgehead atoms. The zero-order chi connectivity index (χ0) is 42.4. The third-order valence-electron chi connectivity index (χ3n) is 12.3. The number of aromatic nitrogens is 2. The first-order valence-electron chi connectivity index (χ1n) is 21.8. The van der Waals surface area contributed by atoms with Crippen LogP contribution in [0.2, 0.25) is 0 Å². The van der Waals surface area contributed by atoms with E-state index in [1.807, 2.05) is 62.6 Å². The van der Waals surface area contributed by atoms with Crippen molar-refractivity contribution in [1.29, 1.82) is 0 Å². The van der Waals surface area contributed by atoms with E-state index in [1.54, 1.807) is 0 Å². The zero-order valence-corrected chi connectivity index (χ0v) is 36.9. The van der Waals surface area contributed by atoms with Crippen molar-refractivity contribution < 1.29 is 27.6 Å². The summed E-state index contributed by atoms with van der Waals surface area (Å²) >= 11 is 0. The summed E-state index contributed by atoms with van der Waals surface area (Å²) in [5, 5.41) is 2.52. The highest BCUT2D eigenvalue weighted by Crippen LogP contribution is 2.38. The number of ether oxygens (including phenoxy) is 2. The molecule has 0 spiro atoms. The van der Waals surface area contributed by atoms with Gasteiger partial charge < -0.3 is 28.2 Å². The van der Waals surface area contributed by atoms with Crippen molar-refractivity contribution >= 4 is 45.3 Å². The Morgan fingerprint density at radius 3 is 1.33 bits per heavy atom. The van der Waals surface area contributed by atoms with Crippen LogP contribution in [0.1, 0.15) is 30.4 Å². The fraction of sp³-hybridized carbons (Fsp3) is 0.283. The van der Waals surface area contributed by atoms with Gasteiger partial charge in [-0.1, -0.05) is 72.8 Å². The van der Waals surface area contributed by atoms with Gasteiger partial charge in [-0.25, -0.2) is 0 Å². The van der Waals surface area contributed by atoms with Crippen LogP contribution in [0.25, 0.3) is 34.0 Å². The molecule has 2 aromatic heterocycles. The molecule has 8 nitrogen and oxygen atoms in total. The van der Waals surface area contributed by atoms with Gasteiger partial charge in [-0.15, -0.1) is 0 Å². The summed E-state index contributed by atoms with van der Waals surface area (Å²) in [7, 11) is 13.7. The van der Waals surface area contributed by atoms with Gasteiger partial charge in [0.05, 0.1) is 89.4 Å². The molecule has 312 valence electrons. The second-order valence-corrected chi connectivity index (χ2v) is 17.8. The van der Waals surface area contributed by atoms with Gasteiger partial charge in [-0.05, 0) is 59.7 Å². The molecule has 0 amide bonds. The van der Waals surface area contributed by atoms with E-state index in [-0.39, 0.29) is 0 Å². The van der Waals surface area contributed by atoms with Crippen LogP contribution in [0.3, 0.4) is 0 Å². The number of fused-ring (bicyclic) bond motifs is 4. The van der Waals surface area contributed by atoms with Crippen LogP contribution >= 0.6 is 0 Å². The van der Waals surface area contributed by atoms with Crippen LogP contribution in [0, 0.1) is 0 Å². The lowest BCUT2D eigenvalue weighted by Crippen LogP contribution is -2.47. The number of hydrogen-bond acceptors (Lipinski definition) is 4. The Morgan fingerprint density at radius 1 is 0.492 bits per heavy atom. The molecule has 2 aliphatic heterocycles. The topological polar surface area (TPSA) is 32.7 Å². The van der Waals surface area contributed by atoms with E-state index in [1.165, 1.54) is 52.4 Å². The van der Waals surface area contributed by atoms with Crippen molar-refractivity contribution in [1.82, 2.24) is 0 Å². The molecule has 0 atom stereocenters. The van der Waals surface area contributed by atoms with Gasteiger partial charge in [0, 0.05) is 44.8 Å². The van der Waals surface area contributed by atoms with Gasteiger partial charge in [0.1, 0.15) is 0 Å². The van der Waals surface area contributed by atoms with Gasteiger partial charge in [0.25, 0.3) is 0 Å². The lowest BCUT2D eigenvalue weighted by atomic mass is 10.1. The molecule has 8 heteroatoms. The fourth-order valence-corrected chi connectivity index (χ4v) is 8.79. The summed E-state index contributed by atoms with van der Waals surface area (Å²) in [6.07, 6.45) is 20.6. The molecule has 4 aromatic carbocycles. The molecular weight excluding hydrogens is 753 g/mol. The highest BCUT2D eigenvalue weighted by atomic mass is 16.5. The van der Waals surface area contributed by atoms with Gasteiger partial charge in [0.15, 0.2) is 48.7 Å². The summed E-state index contributed by atoms with van der Waals surface area (Å²) in [5.41, 5.74) is 7.12. The second-order valence-electron chi connectivity index (χ2n) is 17.8. The van der Waals surface area contributed by atoms with E-state index in [2.05, 4.69) is 157 Å². The van der Waals surface area contributed by atoms with E-state index in [4.69, 9.17) is 9.47 Å². The minimum absolute atomic E-state index is 0.830. The largest absolute Gasteiger partial charge is 0.439 e. The van der Waals surface area contributed by atoms with Crippen LogP contribution in [-0.4, -0.2) is 77.4 Å². The lowest BCUT2D eigenvalue weighted by molar-refractivity contribution is -0.911. The fourth-order valence-electron chi connectivity index (χ4n) is 8.79. The minimum atomic E-state index is 0.830. The van der Waals surface area contributed by atoms with Gasteiger partial charge in [-0.3, -0.25) is 0 Å². The summed E-state index contributed by atoms with van der Waals surface area (Å²) in [6, 6.07) is 38.3. The maximum Gasteiger partial charge on any atom is 0.213 e. The van der Waals surface area contributed by atoms with Crippen LogP contribution in [0.5, 0.6) is 11.5 Å². The smallest absolute Gasteiger partial charge is 0.213 e. The summed E-state index contributed by atoms with van der Waals surface area (Å²) in [4.78, 5) is 4.18. The maximum atomic E-state index is 6.07. The Morgan fingerprint density at radius 2 is 0.885 bits per heavy atom. The molecule has 6 aromatic rings. The molecule has 0 fully saturated rings. The third kappa shape index (κ3) is 9.72. The molecule has 4 heterocycles. The predicted octanol–water partition coefficient (Wildman–Crippen LogP) is 9.36. The summed E-state index contributed by atoms with van der Waals surface area (Å²) < 4.78 is 19.0. The number of nitrogens with zero attached hydrogens (tertiary/aromatic N) is 6. The standard InChI is InChI=1S/C53H62N6O2/c1-54-48-26-11-13-28-50(48)60-52(54)30-15-20-42-32-36-56(46-24-9-7-22-44(42)46)34-17-38-58(3,4)40-19-41-59(5,6)39-18-35-57-37-33-43(45-23-8-10-25-47(45)57)21-16-31-53-55(2)49-27-12-14-29-51(49)61-53/h7-16,20-33,36-37H,17-19,34-35,38-41H2,1-6H3/q+4. The van der Waals surface area contributed by atoms with Crippen LogP contribution in [-0.2, 0) is 13.1 Å². The number of pyridine rings is 2. The SMILES string of the molecule is CN1C(=C/C=C/c2cc[n+](CCC[N+](C)(C)CCC[N+](C)(C)CCC[n+]3ccc(/C=C/C=C4/Oc5ccccc5N4C)c4ccccc43)c3ccccc23)Oc2ccccc21. The molecule has 0 saturated heterocycles. The van der Waals surface area contributed by atoms with Crippen molar-refractivity contribution in [2.45, 2.75) is 32.4 Å². The number of rotatable bonds is 16. The van der Waals surface area contributed by atoms with Crippen LogP contribution < -0.4 is 28.4 Å². The first-order valence-corrected chi connectivity index (χ1v) is 21.8. The van der Waals surface area contributed by atoms with Gasteiger partial charge >= 0.3 is 0 Å². The molecule has 0 aliphatic carbocycles. The number of aryl methyl sites for hydroxylation is 2. The van der Waals surface area contributed by atoms with Crippen LogP contribution in [0.15, 0.2) is 158 Å². The summed E-state index contributed by atoms with van der Waals surface area (Å²) in [6.45, 7) is 6.64. The van der Waals surface area contributed by atoms with Crippen LogP contribution in [0.4, 0.5) is 11.4 Å². The molecule has 61 heavy (non-hydrogen) atoms. The Bertz CT molecular complexity index is 2460.